The van der Waals surface area contributed by atoms with Crippen LogP contribution in [-0.4, -0.2) is 37.7 Å². The zero-order valence-corrected chi connectivity index (χ0v) is 14.6. The number of nitrogens with one attached hydrogen (secondary N) is 2. The molecule has 2 rings (SSSR count). The lowest BCUT2D eigenvalue weighted by molar-refractivity contribution is 0.179. The van der Waals surface area contributed by atoms with Gasteiger partial charge in [-0.15, -0.1) is 0 Å². The van der Waals surface area contributed by atoms with E-state index in [-0.39, 0.29) is 11.9 Å². The molecular formula is C18H23FN4O2. The maximum atomic E-state index is 13.3. The summed E-state index contributed by atoms with van der Waals surface area (Å²) in [6.07, 6.45) is 1.63. The van der Waals surface area contributed by atoms with Crippen molar-refractivity contribution in [2.24, 2.45) is 4.99 Å². The van der Waals surface area contributed by atoms with Crippen LogP contribution in [0.25, 0.3) is 0 Å². The number of aliphatic imine (C=N–C) groups is 1. The van der Waals surface area contributed by atoms with E-state index in [9.17, 15) is 4.39 Å². The molecule has 0 saturated heterocycles. The van der Waals surface area contributed by atoms with Gasteiger partial charge < -0.3 is 20.1 Å². The minimum absolute atomic E-state index is 0.119. The van der Waals surface area contributed by atoms with E-state index >= 15 is 0 Å². The van der Waals surface area contributed by atoms with E-state index < -0.39 is 0 Å². The first-order valence-electron chi connectivity index (χ1n) is 7.95. The van der Waals surface area contributed by atoms with Gasteiger partial charge in [-0.3, -0.25) is 4.99 Å². The van der Waals surface area contributed by atoms with Crippen molar-refractivity contribution in [1.82, 2.24) is 15.6 Å². The summed E-state index contributed by atoms with van der Waals surface area (Å²) in [6, 6.07) is 9.78. The largest absolute Gasteiger partial charge is 0.439 e. The third kappa shape index (κ3) is 6.04. The molecule has 1 unspecified atom stereocenters. The van der Waals surface area contributed by atoms with Gasteiger partial charge in [-0.05, 0) is 25.1 Å². The van der Waals surface area contributed by atoms with E-state index in [2.05, 4.69) is 20.6 Å². The average Bonchev–Trinajstić information content (AvgIpc) is 2.60. The van der Waals surface area contributed by atoms with Gasteiger partial charge in [-0.2, -0.15) is 0 Å². The number of methoxy groups -OCH3 is 1. The fraction of sp³-hybridized carbons (Fsp3) is 0.333. The topological polar surface area (TPSA) is 67.8 Å². The molecular weight excluding hydrogens is 323 g/mol. The number of halogens is 1. The second-order valence-electron chi connectivity index (χ2n) is 5.45. The molecule has 1 aromatic heterocycles. The standard InChI is InChI=1S/C18H23FN4O2/c1-13(12-24-3)23-18(20-2)22-11-14-6-5-9-21-17(14)25-16-8-4-7-15(19)10-16/h4-10,13H,11-12H2,1-3H3,(H2,20,22,23). The predicted octanol–water partition coefficient (Wildman–Crippen LogP) is 2.71. The molecule has 0 bridgehead atoms. The molecule has 0 aliphatic carbocycles. The SMILES string of the molecule is CN=C(NCc1cccnc1Oc1cccc(F)c1)NC(C)COC. The molecule has 25 heavy (non-hydrogen) atoms. The van der Waals surface area contributed by atoms with Gasteiger partial charge in [0.15, 0.2) is 5.96 Å². The van der Waals surface area contributed by atoms with Crippen LogP contribution in [0, 0.1) is 5.82 Å². The van der Waals surface area contributed by atoms with Gasteiger partial charge in [0, 0.05) is 44.6 Å². The third-order valence-corrected chi connectivity index (χ3v) is 3.33. The number of hydrogen-bond acceptors (Lipinski definition) is 4. The molecule has 1 atom stereocenters. The summed E-state index contributed by atoms with van der Waals surface area (Å²) >= 11 is 0. The van der Waals surface area contributed by atoms with Crippen molar-refractivity contribution in [1.29, 1.82) is 0 Å². The quantitative estimate of drug-likeness (QED) is 0.596. The van der Waals surface area contributed by atoms with Crippen LogP contribution in [-0.2, 0) is 11.3 Å². The van der Waals surface area contributed by atoms with Crippen LogP contribution in [0.3, 0.4) is 0 Å². The molecule has 1 aromatic carbocycles. The number of nitrogens with zero attached hydrogens (tertiary/aromatic N) is 2. The van der Waals surface area contributed by atoms with Crippen LogP contribution in [0.2, 0.25) is 0 Å². The molecule has 0 saturated carbocycles. The number of ether oxygens (including phenoxy) is 2. The molecule has 6 nitrogen and oxygen atoms in total. The fourth-order valence-corrected chi connectivity index (χ4v) is 2.19. The highest BCUT2D eigenvalue weighted by Gasteiger charge is 2.09. The third-order valence-electron chi connectivity index (χ3n) is 3.33. The van der Waals surface area contributed by atoms with E-state index in [0.29, 0.717) is 30.7 Å². The van der Waals surface area contributed by atoms with E-state index in [1.807, 2.05) is 19.1 Å². The first-order chi connectivity index (χ1) is 12.1. The van der Waals surface area contributed by atoms with E-state index in [1.165, 1.54) is 12.1 Å². The van der Waals surface area contributed by atoms with Crippen molar-refractivity contribution in [3.63, 3.8) is 0 Å². The Bertz CT molecular complexity index is 709. The number of guanidine groups is 1. The number of pyridine rings is 1. The lowest BCUT2D eigenvalue weighted by Gasteiger charge is -2.17. The Morgan fingerprint density at radius 3 is 2.88 bits per heavy atom. The molecule has 7 heteroatoms. The van der Waals surface area contributed by atoms with Crippen LogP contribution < -0.4 is 15.4 Å². The van der Waals surface area contributed by atoms with Crippen LogP contribution in [0.15, 0.2) is 47.6 Å². The Hall–Kier alpha value is -2.67. The maximum Gasteiger partial charge on any atom is 0.224 e. The summed E-state index contributed by atoms with van der Waals surface area (Å²) < 4.78 is 24.1. The van der Waals surface area contributed by atoms with Crippen LogP contribution in [0.4, 0.5) is 4.39 Å². The molecule has 0 amide bonds. The Labute approximate surface area is 147 Å². The highest BCUT2D eigenvalue weighted by Crippen LogP contribution is 2.23. The lowest BCUT2D eigenvalue weighted by Crippen LogP contribution is -2.43. The smallest absolute Gasteiger partial charge is 0.224 e. The fourth-order valence-electron chi connectivity index (χ4n) is 2.19. The van der Waals surface area contributed by atoms with Crippen LogP contribution >= 0.6 is 0 Å². The van der Waals surface area contributed by atoms with Gasteiger partial charge in [-0.1, -0.05) is 12.1 Å². The molecule has 134 valence electrons. The molecule has 0 aliphatic rings. The second kappa shape index (κ2) is 9.58. The molecule has 2 N–H and O–H groups in total. The number of rotatable bonds is 7. The van der Waals surface area contributed by atoms with Gasteiger partial charge in [0.2, 0.25) is 5.88 Å². The Morgan fingerprint density at radius 1 is 1.32 bits per heavy atom. The summed E-state index contributed by atoms with van der Waals surface area (Å²) in [7, 11) is 3.35. The van der Waals surface area contributed by atoms with Gasteiger partial charge in [0.05, 0.1) is 6.61 Å². The van der Waals surface area contributed by atoms with Crippen molar-refractivity contribution in [2.75, 3.05) is 20.8 Å². The molecule has 2 aromatic rings. The molecule has 0 fully saturated rings. The monoisotopic (exact) mass is 346 g/mol. The summed E-state index contributed by atoms with van der Waals surface area (Å²) in [5.74, 6) is 1.10. The van der Waals surface area contributed by atoms with Gasteiger partial charge in [0.1, 0.15) is 11.6 Å². The number of hydrogen-bond donors (Lipinski definition) is 2. The highest BCUT2D eigenvalue weighted by atomic mass is 19.1. The second-order valence-corrected chi connectivity index (χ2v) is 5.45. The van der Waals surface area contributed by atoms with Crippen LogP contribution in [0.1, 0.15) is 12.5 Å². The van der Waals surface area contributed by atoms with E-state index in [0.717, 1.165) is 5.56 Å². The number of benzene rings is 1. The van der Waals surface area contributed by atoms with Crippen molar-refractivity contribution >= 4 is 5.96 Å². The van der Waals surface area contributed by atoms with Crippen LogP contribution in [0.5, 0.6) is 11.6 Å². The van der Waals surface area contributed by atoms with Gasteiger partial charge >= 0.3 is 0 Å². The Balaban J connectivity index is 2.02. The highest BCUT2D eigenvalue weighted by molar-refractivity contribution is 5.79. The zero-order chi connectivity index (χ0) is 18.1. The first kappa shape index (κ1) is 18.7. The van der Waals surface area contributed by atoms with Crippen molar-refractivity contribution in [3.8, 4) is 11.6 Å². The summed E-state index contributed by atoms with van der Waals surface area (Å²) in [4.78, 5) is 8.41. The summed E-state index contributed by atoms with van der Waals surface area (Å²) in [5.41, 5.74) is 0.828. The van der Waals surface area contributed by atoms with Crippen molar-refractivity contribution in [3.05, 3.63) is 54.0 Å². The van der Waals surface area contributed by atoms with E-state index in [1.54, 1.807) is 32.5 Å². The van der Waals surface area contributed by atoms with E-state index in [4.69, 9.17) is 9.47 Å². The molecule has 0 spiro atoms. The lowest BCUT2D eigenvalue weighted by atomic mass is 10.2. The van der Waals surface area contributed by atoms with Crippen molar-refractivity contribution < 1.29 is 13.9 Å². The minimum atomic E-state index is -0.357. The predicted molar refractivity (Wildman–Crippen MR) is 95.4 cm³/mol. The first-order valence-corrected chi connectivity index (χ1v) is 7.95. The zero-order valence-electron chi connectivity index (χ0n) is 14.6. The molecule has 0 radical (unpaired) electrons. The normalized spacial score (nSPS) is 12.6. The Morgan fingerprint density at radius 2 is 2.16 bits per heavy atom. The molecule has 1 heterocycles. The molecule has 0 aliphatic heterocycles. The summed E-state index contributed by atoms with van der Waals surface area (Å²) in [5, 5.41) is 6.42. The van der Waals surface area contributed by atoms with Gasteiger partial charge in [-0.25, -0.2) is 9.37 Å². The van der Waals surface area contributed by atoms with Gasteiger partial charge in [0.25, 0.3) is 0 Å². The number of aromatic nitrogens is 1. The minimum Gasteiger partial charge on any atom is -0.439 e. The van der Waals surface area contributed by atoms with Crippen molar-refractivity contribution in [2.45, 2.75) is 19.5 Å². The maximum absolute atomic E-state index is 13.3. The summed E-state index contributed by atoms with van der Waals surface area (Å²) in [6.45, 7) is 3.03. The Kier molecular flexibility index (Phi) is 7.16. The average molecular weight is 346 g/mol.